The van der Waals surface area contributed by atoms with E-state index in [-0.39, 0.29) is 12.1 Å². The van der Waals surface area contributed by atoms with Gasteiger partial charge in [0, 0.05) is 26.2 Å². The van der Waals surface area contributed by atoms with Crippen molar-refractivity contribution in [2.75, 3.05) is 26.2 Å². The smallest absolute Gasteiger partial charge is 0.314 e. The standard InChI is InChI=1S/C32H66N4O2/c1-3-5-7-9-11-13-15-17-19-23-27-33-31(37)35-29-25-21-22-26-30-36-32(38)34-28-24-20-18-16-14-12-10-8-6-4-2/h3-30H2,1-2H3,(H2,33,35,37)(H2,34,36,38). The molecule has 0 saturated heterocycles. The summed E-state index contributed by atoms with van der Waals surface area (Å²) in [7, 11) is 0. The Morgan fingerprint density at radius 3 is 0.711 bits per heavy atom. The predicted molar refractivity (Wildman–Crippen MR) is 165 cm³/mol. The lowest BCUT2D eigenvalue weighted by molar-refractivity contribution is 0.239. The molecule has 6 heteroatoms. The van der Waals surface area contributed by atoms with Gasteiger partial charge in [-0.25, -0.2) is 9.59 Å². The molecule has 226 valence electrons. The van der Waals surface area contributed by atoms with Gasteiger partial charge in [0.15, 0.2) is 0 Å². The minimum absolute atomic E-state index is 0.0401. The lowest BCUT2D eigenvalue weighted by Gasteiger charge is -2.09. The van der Waals surface area contributed by atoms with Gasteiger partial charge in [0.05, 0.1) is 0 Å². The average Bonchev–Trinajstić information content (AvgIpc) is 2.91. The minimum atomic E-state index is -0.0401. The van der Waals surface area contributed by atoms with E-state index in [4.69, 9.17) is 0 Å². The quantitative estimate of drug-likeness (QED) is 0.0717. The van der Waals surface area contributed by atoms with Crippen molar-refractivity contribution >= 4 is 12.1 Å². The highest BCUT2D eigenvalue weighted by atomic mass is 16.2. The maximum atomic E-state index is 11.9. The van der Waals surface area contributed by atoms with E-state index < -0.39 is 0 Å². The van der Waals surface area contributed by atoms with Crippen molar-refractivity contribution in [3.05, 3.63) is 0 Å². The van der Waals surface area contributed by atoms with Crippen LogP contribution in [0, 0.1) is 0 Å². The first-order valence-electron chi connectivity index (χ1n) is 16.7. The third kappa shape index (κ3) is 30.8. The highest BCUT2D eigenvalue weighted by Gasteiger charge is 2.01. The van der Waals surface area contributed by atoms with Gasteiger partial charge in [-0.1, -0.05) is 142 Å². The first kappa shape index (κ1) is 36.5. The number of rotatable bonds is 29. The van der Waals surface area contributed by atoms with Crippen molar-refractivity contribution < 1.29 is 9.59 Å². The molecule has 0 fully saturated rings. The Morgan fingerprint density at radius 1 is 0.316 bits per heavy atom. The molecule has 0 aromatic heterocycles. The molecule has 38 heavy (non-hydrogen) atoms. The Hall–Kier alpha value is -1.46. The van der Waals surface area contributed by atoms with Gasteiger partial charge in [-0.2, -0.15) is 0 Å². The number of nitrogens with one attached hydrogen (secondary N) is 4. The normalized spacial score (nSPS) is 10.9. The molecule has 0 aromatic rings. The first-order valence-corrected chi connectivity index (χ1v) is 16.7. The van der Waals surface area contributed by atoms with Crippen LogP contribution >= 0.6 is 0 Å². The fraction of sp³-hybridized carbons (Fsp3) is 0.938. The Balaban J connectivity index is 3.25. The second-order valence-electron chi connectivity index (χ2n) is 11.1. The number of hydrogen-bond donors (Lipinski definition) is 4. The van der Waals surface area contributed by atoms with Crippen LogP contribution in [0.25, 0.3) is 0 Å². The molecule has 0 bridgehead atoms. The lowest BCUT2D eigenvalue weighted by atomic mass is 10.1. The minimum Gasteiger partial charge on any atom is -0.338 e. The van der Waals surface area contributed by atoms with E-state index in [1.54, 1.807) is 0 Å². The van der Waals surface area contributed by atoms with Crippen molar-refractivity contribution in [1.29, 1.82) is 0 Å². The number of hydrogen-bond acceptors (Lipinski definition) is 2. The monoisotopic (exact) mass is 539 g/mol. The molecule has 0 saturated carbocycles. The zero-order chi connectivity index (χ0) is 27.8. The zero-order valence-corrected chi connectivity index (χ0v) is 25.6. The zero-order valence-electron chi connectivity index (χ0n) is 25.6. The van der Waals surface area contributed by atoms with E-state index in [2.05, 4.69) is 35.1 Å². The first-order chi connectivity index (χ1) is 18.7. The third-order valence-corrected chi connectivity index (χ3v) is 7.31. The van der Waals surface area contributed by atoms with Gasteiger partial charge in [0.2, 0.25) is 0 Å². The van der Waals surface area contributed by atoms with Crippen LogP contribution in [0.1, 0.15) is 168 Å². The largest absolute Gasteiger partial charge is 0.338 e. The second kappa shape index (κ2) is 31.8. The summed E-state index contributed by atoms with van der Waals surface area (Å²) in [6.07, 6.45) is 30.4. The fourth-order valence-corrected chi connectivity index (χ4v) is 4.76. The lowest BCUT2D eigenvalue weighted by Crippen LogP contribution is -2.36. The summed E-state index contributed by atoms with van der Waals surface area (Å²) in [6, 6.07) is -0.0802. The summed E-state index contributed by atoms with van der Waals surface area (Å²) >= 11 is 0. The van der Waals surface area contributed by atoms with E-state index in [9.17, 15) is 9.59 Å². The van der Waals surface area contributed by atoms with Gasteiger partial charge in [-0.3, -0.25) is 0 Å². The SMILES string of the molecule is CCCCCCCCCCCCNC(=O)NCCCCCCNC(=O)NCCCCCCCCCCCC. The maximum Gasteiger partial charge on any atom is 0.314 e. The van der Waals surface area contributed by atoms with Crippen LogP contribution in [0.15, 0.2) is 0 Å². The second-order valence-corrected chi connectivity index (χ2v) is 11.1. The number of carbonyl (C=O) groups excluding carboxylic acids is 2. The molecule has 4 amide bonds. The molecule has 0 aliphatic rings. The summed E-state index contributed by atoms with van der Waals surface area (Å²) in [5.41, 5.74) is 0. The summed E-state index contributed by atoms with van der Waals surface area (Å²) < 4.78 is 0. The maximum absolute atomic E-state index is 11.9. The van der Waals surface area contributed by atoms with Crippen LogP contribution in [0.4, 0.5) is 9.59 Å². The van der Waals surface area contributed by atoms with E-state index in [1.807, 2.05) is 0 Å². The van der Waals surface area contributed by atoms with E-state index in [0.29, 0.717) is 0 Å². The molecule has 0 aliphatic carbocycles. The van der Waals surface area contributed by atoms with Gasteiger partial charge >= 0.3 is 12.1 Å². The molecule has 0 unspecified atom stereocenters. The molecular formula is C32H66N4O2. The molecule has 0 aliphatic heterocycles. The fourth-order valence-electron chi connectivity index (χ4n) is 4.76. The van der Waals surface area contributed by atoms with Crippen LogP contribution < -0.4 is 21.3 Å². The van der Waals surface area contributed by atoms with Crippen molar-refractivity contribution in [3.63, 3.8) is 0 Å². The van der Waals surface area contributed by atoms with Crippen LogP contribution in [0.3, 0.4) is 0 Å². The number of unbranched alkanes of at least 4 members (excludes halogenated alkanes) is 21. The van der Waals surface area contributed by atoms with Gasteiger partial charge in [0.25, 0.3) is 0 Å². The van der Waals surface area contributed by atoms with Gasteiger partial charge < -0.3 is 21.3 Å². The van der Waals surface area contributed by atoms with Crippen LogP contribution in [-0.4, -0.2) is 38.2 Å². The molecule has 0 rings (SSSR count). The van der Waals surface area contributed by atoms with Gasteiger partial charge in [-0.05, 0) is 25.7 Å². The molecule has 0 heterocycles. The van der Waals surface area contributed by atoms with E-state index in [1.165, 1.54) is 116 Å². The van der Waals surface area contributed by atoms with Crippen LogP contribution in [0.2, 0.25) is 0 Å². The molecular weight excluding hydrogens is 472 g/mol. The Bertz CT molecular complexity index is 458. The predicted octanol–water partition coefficient (Wildman–Crippen LogP) is 8.99. The van der Waals surface area contributed by atoms with Crippen LogP contribution in [0.5, 0.6) is 0 Å². The van der Waals surface area contributed by atoms with Crippen LogP contribution in [-0.2, 0) is 0 Å². The number of carbonyl (C=O) groups is 2. The van der Waals surface area contributed by atoms with Crippen molar-refractivity contribution in [2.24, 2.45) is 0 Å². The van der Waals surface area contributed by atoms with E-state index in [0.717, 1.165) is 64.7 Å². The third-order valence-electron chi connectivity index (χ3n) is 7.31. The molecule has 0 aromatic carbocycles. The highest BCUT2D eigenvalue weighted by molar-refractivity contribution is 5.74. The van der Waals surface area contributed by atoms with E-state index >= 15 is 0 Å². The topological polar surface area (TPSA) is 82.3 Å². The van der Waals surface area contributed by atoms with Crippen molar-refractivity contribution in [1.82, 2.24) is 21.3 Å². The highest BCUT2D eigenvalue weighted by Crippen LogP contribution is 2.11. The average molecular weight is 539 g/mol. The summed E-state index contributed by atoms with van der Waals surface area (Å²) in [4.78, 5) is 23.7. The van der Waals surface area contributed by atoms with Crippen molar-refractivity contribution in [3.8, 4) is 0 Å². The van der Waals surface area contributed by atoms with Gasteiger partial charge in [0.1, 0.15) is 0 Å². The summed E-state index contributed by atoms with van der Waals surface area (Å²) in [5.74, 6) is 0. The molecule has 0 atom stereocenters. The Kier molecular flexibility index (Phi) is 30.5. The molecule has 4 N–H and O–H groups in total. The summed E-state index contributed by atoms with van der Waals surface area (Å²) in [6.45, 7) is 7.51. The Morgan fingerprint density at radius 2 is 0.500 bits per heavy atom. The summed E-state index contributed by atoms with van der Waals surface area (Å²) in [5, 5.41) is 11.8. The molecule has 0 radical (unpaired) electrons. The Labute approximate surface area is 237 Å². The number of amides is 4. The molecule has 0 spiro atoms. The molecule has 6 nitrogen and oxygen atoms in total. The van der Waals surface area contributed by atoms with Crippen molar-refractivity contribution in [2.45, 2.75) is 168 Å². The number of urea groups is 2. The van der Waals surface area contributed by atoms with Gasteiger partial charge in [-0.15, -0.1) is 0 Å².